The normalized spacial score (nSPS) is 10.7. The number of amides is 2. The van der Waals surface area contributed by atoms with Crippen molar-refractivity contribution in [2.75, 3.05) is 5.32 Å². The van der Waals surface area contributed by atoms with E-state index in [0.717, 1.165) is 27.9 Å². The van der Waals surface area contributed by atoms with Gasteiger partial charge in [-0.2, -0.15) is 5.10 Å². The van der Waals surface area contributed by atoms with Gasteiger partial charge in [-0.25, -0.2) is 0 Å². The van der Waals surface area contributed by atoms with Crippen LogP contribution in [0.15, 0.2) is 36.5 Å². The van der Waals surface area contributed by atoms with Crippen molar-refractivity contribution in [3.05, 3.63) is 53.5 Å². The number of carbonyl (C=O) groups is 2. The number of hydrogen-bond donors (Lipinski definition) is 2. The topological polar surface area (TPSA) is 88.9 Å². The van der Waals surface area contributed by atoms with Crippen LogP contribution in [0, 0.1) is 13.8 Å². The molecule has 2 amide bonds. The Hall–Kier alpha value is -3.22. The number of nitrogens with one attached hydrogen (secondary N) is 2. The summed E-state index contributed by atoms with van der Waals surface area (Å²) in [6, 6.07) is 9.00. The minimum atomic E-state index is -0.712. The Morgan fingerprint density at radius 1 is 1.12 bits per heavy atom. The fourth-order valence-electron chi connectivity index (χ4n) is 2.71. The zero-order valence-corrected chi connectivity index (χ0v) is 14.3. The number of hydrogen-bond acceptors (Lipinski definition) is 4. The molecule has 3 aromatic rings. The van der Waals surface area contributed by atoms with Crippen LogP contribution in [0.4, 0.5) is 5.69 Å². The average Bonchev–Trinajstić information content (AvgIpc) is 2.85. The number of aryl methyl sites for hydroxylation is 2. The fourth-order valence-corrected chi connectivity index (χ4v) is 2.71. The molecular weight excluding hydrogens is 318 g/mol. The predicted octanol–water partition coefficient (Wildman–Crippen LogP) is 1.84. The molecule has 0 aliphatic rings. The number of rotatable bonds is 3. The summed E-state index contributed by atoms with van der Waals surface area (Å²) in [6.45, 7) is 4.05. The first-order valence-corrected chi connectivity index (χ1v) is 7.89. The summed E-state index contributed by atoms with van der Waals surface area (Å²) in [5.41, 5.74) is 4.01. The van der Waals surface area contributed by atoms with Crippen LogP contribution >= 0.6 is 0 Å². The van der Waals surface area contributed by atoms with E-state index in [9.17, 15) is 9.59 Å². The second kappa shape index (κ2) is 6.72. The molecule has 0 aliphatic carbocycles. The molecule has 2 aromatic heterocycles. The van der Waals surface area contributed by atoms with Gasteiger partial charge in [0.05, 0.1) is 16.9 Å². The van der Waals surface area contributed by atoms with Crippen LogP contribution in [0.1, 0.15) is 17.0 Å². The van der Waals surface area contributed by atoms with Gasteiger partial charge in [-0.3, -0.25) is 19.3 Å². The van der Waals surface area contributed by atoms with Crippen LogP contribution in [-0.4, -0.2) is 26.6 Å². The van der Waals surface area contributed by atoms with Crippen LogP contribution in [0.25, 0.3) is 10.9 Å². The van der Waals surface area contributed by atoms with E-state index >= 15 is 0 Å². The van der Waals surface area contributed by atoms with Crippen molar-refractivity contribution >= 4 is 28.4 Å². The number of aromatic nitrogens is 3. The van der Waals surface area contributed by atoms with Crippen LogP contribution in [0.3, 0.4) is 0 Å². The molecule has 0 fully saturated rings. The highest BCUT2D eigenvalue weighted by Gasteiger charge is 2.17. The van der Waals surface area contributed by atoms with Gasteiger partial charge in [0.2, 0.25) is 0 Å². The van der Waals surface area contributed by atoms with Crippen molar-refractivity contribution in [2.45, 2.75) is 20.4 Å². The van der Waals surface area contributed by atoms with Crippen molar-refractivity contribution in [3.8, 4) is 0 Å². The summed E-state index contributed by atoms with van der Waals surface area (Å²) in [6.07, 6.45) is 1.68. The van der Waals surface area contributed by atoms with Gasteiger partial charge >= 0.3 is 11.8 Å². The molecular formula is C18H19N5O2. The SMILES string of the molecule is Cc1nn(C)c(C)c1CNC(=O)C(=O)Nc1cccc2ncccc12. The first kappa shape index (κ1) is 16.6. The Kier molecular flexibility index (Phi) is 4.47. The molecule has 7 heteroatoms. The number of anilines is 1. The molecule has 2 N–H and O–H groups in total. The van der Waals surface area contributed by atoms with Gasteiger partial charge in [0, 0.05) is 36.4 Å². The van der Waals surface area contributed by atoms with Gasteiger partial charge in [-0.1, -0.05) is 6.07 Å². The Morgan fingerprint density at radius 3 is 2.64 bits per heavy atom. The molecule has 128 valence electrons. The van der Waals surface area contributed by atoms with Crippen LogP contribution in [-0.2, 0) is 23.2 Å². The highest BCUT2D eigenvalue weighted by atomic mass is 16.2. The summed E-state index contributed by atoms with van der Waals surface area (Å²) in [4.78, 5) is 28.5. The maximum atomic E-state index is 12.2. The van der Waals surface area contributed by atoms with Crippen LogP contribution < -0.4 is 10.6 Å². The van der Waals surface area contributed by atoms with Gasteiger partial charge in [0.15, 0.2) is 0 Å². The van der Waals surface area contributed by atoms with E-state index in [2.05, 4.69) is 20.7 Å². The molecule has 0 saturated carbocycles. The summed E-state index contributed by atoms with van der Waals surface area (Å²) in [5.74, 6) is -1.40. The highest BCUT2D eigenvalue weighted by molar-refractivity contribution is 6.40. The third-order valence-corrected chi connectivity index (χ3v) is 4.18. The lowest BCUT2D eigenvalue weighted by molar-refractivity contribution is -0.136. The molecule has 0 saturated heterocycles. The minimum absolute atomic E-state index is 0.259. The second-order valence-corrected chi connectivity index (χ2v) is 5.79. The lowest BCUT2D eigenvalue weighted by Gasteiger charge is -2.09. The third-order valence-electron chi connectivity index (χ3n) is 4.18. The van der Waals surface area contributed by atoms with Gasteiger partial charge in [0.1, 0.15) is 0 Å². The number of benzene rings is 1. The molecule has 0 aliphatic heterocycles. The van der Waals surface area contributed by atoms with E-state index in [4.69, 9.17) is 0 Å². The average molecular weight is 337 g/mol. The molecule has 25 heavy (non-hydrogen) atoms. The number of carbonyl (C=O) groups excluding carboxylic acids is 2. The monoisotopic (exact) mass is 337 g/mol. The van der Waals surface area contributed by atoms with Gasteiger partial charge in [-0.15, -0.1) is 0 Å². The lowest BCUT2D eigenvalue weighted by Crippen LogP contribution is -2.35. The van der Waals surface area contributed by atoms with Crippen molar-refractivity contribution in [3.63, 3.8) is 0 Å². The molecule has 1 aromatic carbocycles. The number of fused-ring (bicyclic) bond motifs is 1. The largest absolute Gasteiger partial charge is 0.344 e. The Labute approximate surface area is 145 Å². The first-order chi connectivity index (χ1) is 12.0. The first-order valence-electron chi connectivity index (χ1n) is 7.89. The van der Waals surface area contributed by atoms with Gasteiger partial charge in [0.25, 0.3) is 0 Å². The Balaban J connectivity index is 1.69. The maximum absolute atomic E-state index is 12.2. The summed E-state index contributed by atoms with van der Waals surface area (Å²) in [7, 11) is 1.84. The summed E-state index contributed by atoms with van der Waals surface area (Å²) >= 11 is 0. The van der Waals surface area contributed by atoms with E-state index in [-0.39, 0.29) is 6.54 Å². The standard InChI is InChI=1S/C18H19N5O2/c1-11-14(12(2)23(3)22-11)10-20-17(24)18(25)21-16-8-4-7-15-13(16)6-5-9-19-15/h4-9H,10H2,1-3H3,(H,20,24)(H,21,25). The number of pyridine rings is 1. The van der Waals surface area contributed by atoms with E-state index in [1.54, 1.807) is 29.1 Å². The third kappa shape index (κ3) is 3.35. The second-order valence-electron chi connectivity index (χ2n) is 5.79. The summed E-state index contributed by atoms with van der Waals surface area (Å²) < 4.78 is 1.75. The van der Waals surface area contributed by atoms with Crippen LogP contribution in [0.5, 0.6) is 0 Å². The molecule has 7 nitrogen and oxygen atoms in total. The Morgan fingerprint density at radius 2 is 1.92 bits per heavy atom. The molecule has 0 radical (unpaired) electrons. The molecule has 0 spiro atoms. The van der Waals surface area contributed by atoms with Crippen molar-refractivity contribution in [1.82, 2.24) is 20.1 Å². The van der Waals surface area contributed by atoms with E-state index < -0.39 is 11.8 Å². The summed E-state index contributed by atoms with van der Waals surface area (Å²) in [5, 5.41) is 10.4. The number of nitrogens with zero attached hydrogens (tertiary/aromatic N) is 3. The molecule has 0 unspecified atom stereocenters. The fraction of sp³-hybridized carbons (Fsp3) is 0.222. The smallest absolute Gasteiger partial charge is 0.313 e. The molecule has 3 rings (SSSR count). The van der Waals surface area contributed by atoms with Gasteiger partial charge < -0.3 is 10.6 Å². The van der Waals surface area contributed by atoms with Crippen molar-refractivity contribution < 1.29 is 9.59 Å². The van der Waals surface area contributed by atoms with Gasteiger partial charge in [-0.05, 0) is 38.1 Å². The molecule has 2 heterocycles. The predicted molar refractivity (Wildman–Crippen MR) is 94.9 cm³/mol. The zero-order chi connectivity index (χ0) is 18.0. The van der Waals surface area contributed by atoms with E-state index in [1.165, 1.54) is 0 Å². The molecule has 0 bridgehead atoms. The van der Waals surface area contributed by atoms with E-state index in [0.29, 0.717) is 5.69 Å². The van der Waals surface area contributed by atoms with Crippen molar-refractivity contribution in [2.24, 2.45) is 7.05 Å². The maximum Gasteiger partial charge on any atom is 0.313 e. The minimum Gasteiger partial charge on any atom is -0.344 e. The Bertz CT molecular complexity index is 956. The van der Waals surface area contributed by atoms with E-state index in [1.807, 2.05) is 33.0 Å². The zero-order valence-electron chi connectivity index (χ0n) is 14.3. The molecule has 0 atom stereocenters. The van der Waals surface area contributed by atoms with Crippen molar-refractivity contribution in [1.29, 1.82) is 0 Å². The quantitative estimate of drug-likeness (QED) is 0.714. The van der Waals surface area contributed by atoms with Crippen LogP contribution in [0.2, 0.25) is 0 Å². The highest BCUT2D eigenvalue weighted by Crippen LogP contribution is 2.21. The lowest BCUT2D eigenvalue weighted by atomic mass is 10.2.